The van der Waals surface area contributed by atoms with E-state index in [9.17, 15) is 0 Å². The van der Waals surface area contributed by atoms with Crippen molar-refractivity contribution < 1.29 is 44.0 Å². The molecule has 0 saturated carbocycles. The number of rotatable bonds is 2. The molecular weight excluding hydrogens is 439 g/mol. The fourth-order valence-corrected chi connectivity index (χ4v) is 5.41. The molecule has 0 amide bonds. The summed E-state index contributed by atoms with van der Waals surface area (Å²) in [6.07, 6.45) is 0. The zero-order valence-corrected chi connectivity index (χ0v) is 20.7. The number of nitrogens with one attached hydrogen (secondary N) is 2. The van der Waals surface area contributed by atoms with Crippen LogP contribution in [0, 0.1) is 0 Å². The molecule has 152 valence electrons. The smallest absolute Gasteiger partial charge is 1.00 e. The van der Waals surface area contributed by atoms with Gasteiger partial charge in [0, 0.05) is 0 Å². The topological polar surface area (TPSA) is 57.4 Å². The molecule has 0 atom stereocenters. The molecule has 2 heterocycles. The van der Waals surface area contributed by atoms with Crippen LogP contribution in [0.1, 0.15) is 52.7 Å². The Kier molecular flexibility index (Phi) is 6.96. The minimum absolute atomic E-state index is 0. The Morgan fingerprint density at radius 1 is 0.655 bits per heavy atom. The van der Waals surface area contributed by atoms with Gasteiger partial charge in [0.05, 0.1) is 0 Å². The van der Waals surface area contributed by atoms with Crippen LogP contribution in [0.2, 0.25) is 0 Å². The van der Waals surface area contributed by atoms with Crippen LogP contribution in [0.15, 0.2) is 36.4 Å². The number of halogens is 2. The largest absolute Gasteiger partial charge is 1.00 e. The van der Waals surface area contributed by atoms with E-state index < -0.39 is 19.2 Å². The van der Waals surface area contributed by atoms with Crippen molar-refractivity contribution in [2.45, 2.75) is 52.4 Å². The first-order valence-corrected chi connectivity index (χ1v) is 10.9. The molecule has 0 fully saturated rings. The summed E-state index contributed by atoms with van der Waals surface area (Å²) in [4.78, 5) is 0. The average molecular weight is 465 g/mol. The van der Waals surface area contributed by atoms with Crippen molar-refractivity contribution in [1.29, 1.82) is 0 Å². The molecule has 0 aliphatic rings. The summed E-state index contributed by atoms with van der Waals surface area (Å²) in [6, 6.07) is 13.1. The van der Waals surface area contributed by atoms with E-state index in [0.29, 0.717) is 0 Å². The molecule has 4 rings (SSSR count). The van der Waals surface area contributed by atoms with Gasteiger partial charge in [-0.2, -0.15) is 0 Å². The molecule has 0 spiro atoms. The third kappa shape index (κ3) is 4.41. The van der Waals surface area contributed by atoms with Gasteiger partial charge in [0.2, 0.25) is 0 Å². The van der Waals surface area contributed by atoms with Gasteiger partial charge in [-0.1, -0.05) is 0 Å². The van der Waals surface area contributed by atoms with Gasteiger partial charge >= 0.3 is 169 Å². The number of aromatic amines is 2. The molecule has 2 aromatic heterocycles. The fourth-order valence-electron chi connectivity index (χ4n) is 3.64. The van der Waals surface area contributed by atoms with Crippen molar-refractivity contribution in [3.05, 3.63) is 47.5 Å². The molecule has 0 radical (unpaired) electrons. The molecule has 4 aromatic rings. The van der Waals surface area contributed by atoms with Gasteiger partial charge in [0.25, 0.3) is 0 Å². The summed E-state index contributed by atoms with van der Waals surface area (Å²) >= 11 is -0.647. The molecule has 0 aliphatic heterocycles. The maximum atomic E-state index is 4.70. The van der Waals surface area contributed by atoms with E-state index in [1.54, 1.807) is 0 Å². The first kappa shape index (κ1) is 23.9. The molecule has 2 aromatic carbocycles. The quantitative estimate of drug-likeness (QED) is 0.340. The third-order valence-electron chi connectivity index (χ3n) is 5.05. The SMILES string of the molecule is CC(C)(C)c1cccc2[c]([Ti+2][c]3n[nH]c4c(C(C)(C)C)cccc34)n[nH]c12.[Cl-].[Cl-]. The normalized spacial score (nSPS) is 11.8. The summed E-state index contributed by atoms with van der Waals surface area (Å²) in [5, 5.41) is 18.5. The first-order chi connectivity index (χ1) is 12.7. The molecule has 2 N–H and O–H groups in total. The molecule has 7 heteroatoms. The predicted octanol–water partition coefficient (Wildman–Crippen LogP) is -1.92. The molecule has 0 saturated heterocycles. The van der Waals surface area contributed by atoms with Gasteiger partial charge in [-0.05, 0) is 0 Å². The number of H-pyrrole nitrogens is 2. The van der Waals surface area contributed by atoms with Crippen LogP contribution in [-0.4, -0.2) is 20.4 Å². The van der Waals surface area contributed by atoms with E-state index in [-0.39, 0.29) is 35.6 Å². The summed E-state index contributed by atoms with van der Waals surface area (Å²) in [7, 11) is 0. The van der Waals surface area contributed by atoms with Crippen molar-refractivity contribution in [2.75, 3.05) is 0 Å². The van der Waals surface area contributed by atoms with Gasteiger partial charge < -0.3 is 24.8 Å². The maximum absolute atomic E-state index is 4.70. The molecule has 0 bridgehead atoms. The summed E-state index contributed by atoms with van der Waals surface area (Å²) in [5.74, 6) is 0. The van der Waals surface area contributed by atoms with Crippen LogP contribution in [0.5, 0.6) is 0 Å². The Morgan fingerprint density at radius 2 is 1.03 bits per heavy atom. The Labute approximate surface area is 193 Å². The second-order valence-corrected chi connectivity index (χ2v) is 11.1. The second-order valence-electron chi connectivity index (χ2n) is 9.23. The fraction of sp³-hybridized carbons (Fsp3) is 0.364. The monoisotopic (exact) mass is 464 g/mol. The van der Waals surface area contributed by atoms with E-state index >= 15 is 0 Å². The van der Waals surface area contributed by atoms with Crippen molar-refractivity contribution in [3.63, 3.8) is 0 Å². The zero-order chi connectivity index (χ0) is 19.4. The van der Waals surface area contributed by atoms with E-state index in [1.807, 2.05) is 0 Å². The van der Waals surface area contributed by atoms with Crippen molar-refractivity contribution in [2.24, 2.45) is 0 Å². The minimum atomic E-state index is -0.647. The number of fused-ring (bicyclic) bond motifs is 2. The number of hydrogen-bond acceptors (Lipinski definition) is 2. The number of para-hydroxylation sites is 2. The van der Waals surface area contributed by atoms with Crippen LogP contribution in [0.3, 0.4) is 0 Å². The Balaban J connectivity index is 0.00000150. The summed E-state index contributed by atoms with van der Waals surface area (Å²) < 4.78 is 2.34. The van der Waals surface area contributed by atoms with Crippen molar-refractivity contribution in [1.82, 2.24) is 20.4 Å². The number of hydrogen-bond donors (Lipinski definition) is 2. The van der Waals surface area contributed by atoms with Gasteiger partial charge in [0.1, 0.15) is 0 Å². The molecule has 0 aliphatic carbocycles. The third-order valence-corrected chi connectivity index (χ3v) is 6.98. The van der Waals surface area contributed by atoms with Crippen LogP contribution in [-0.2, 0) is 30.0 Å². The molecule has 4 nitrogen and oxygen atoms in total. The summed E-state index contributed by atoms with van der Waals surface area (Å²) in [5.41, 5.74) is 5.13. The zero-order valence-electron chi connectivity index (χ0n) is 17.6. The van der Waals surface area contributed by atoms with E-state index in [0.717, 1.165) is 0 Å². The molecule has 0 unspecified atom stereocenters. The van der Waals surface area contributed by atoms with Crippen LogP contribution in [0.25, 0.3) is 21.8 Å². The number of benzene rings is 2. The van der Waals surface area contributed by atoms with Crippen molar-refractivity contribution in [3.8, 4) is 0 Å². The van der Waals surface area contributed by atoms with Crippen LogP contribution < -0.4 is 32.8 Å². The van der Waals surface area contributed by atoms with Gasteiger partial charge in [-0.15, -0.1) is 0 Å². The van der Waals surface area contributed by atoms with Gasteiger partial charge in [-0.25, -0.2) is 0 Å². The second kappa shape index (κ2) is 8.43. The standard InChI is InChI=1S/2C11H13N2.2ClH.Ti/c2*1-11(2,3)9-6-4-5-8-7-12-13-10(8)9;;;/h2*4-6H,1-3H3,(H,12,13);2*1H;/q;;;;+2/p-2. The first-order valence-electron chi connectivity index (χ1n) is 9.38. The van der Waals surface area contributed by atoms with Gasteiger partial charge in [-0.3, -0.25) is 0 Å². The van der Waals surface area contributed by atoms with E-state index in [4.69, 9.17) is 10.2 Å². The van der Waals surface area contributed by atoms with E-state index in [2.05, 4.69) is 88.1 Å². The average Bonchev–Trinajstić information content (AvgIpc) is 3.18. The molecular formula is C22H26Cl2N4Ti. The summed E-state index contributed by atoms with van der Waals surface area (Å²) in [6.45, 7) is 13.5. The van der Waals surface area contributed by atoms with Gasteiger partial charge in [0.15, 0.2) is 0 Å². The van der Waals surface area contributed by atoms with Crippen LogP contribution in [0.4, 0.5) is 0 Å². The van der Waals surface area contributed by atoms with Crippen LogP contribution >= 0.6 is 0 Å². The van der Waals surface area contributed by atoms with Crippen molar-refractivity contribution >= 4 is 29.8 Å². The predicted molar refractivity (Wildman–Crippen MR) is 109 cm³/mol. The Bertz CT molecular complexity index is 1040. The minimum Gasteiger partial charge on any atom is -1.00 e. The van der Waals surface area contributed by atoms with E-state index in [1.165, 1.54) is 40.9 Å². The Morgan fingerprint density at radius 3 is 1.38 bits per heavy atom. The Hall–Kier alpha value is -1.33. The number of nitrogens with zero attached hydrogens (tertiary/aromatic N) is 2. The molecule has 29 heavy (non-hydrogen) atoms. The maximum Gasteiger partial charge on any atom is -1.00 e. The number of aromatic nitrogens is 4.